The molecule has 8 heteroatoms. The molecule has 3 aromatic rings. The van der Waals surface area contributed by atoms with Gasteiger partial charge in [0.05, 0.1) is 11.2 Å². The fraction of sp³-hybridized carbons (Fsp3) is 0.0588. The van der Waals surface area contributed by atoms with Crippen LogP contribution in [0.4, 0.5) is 8.78 Å². The number of ether oxygens (including phenoxy) is 1. The largest absolute Gasteiger partial charge is 0.434 e. The molecule has 3 rings (SSSR count). The first-order chi connectivity index (χ1) is 12.1. The van der Waals surface area contributed by atoms with E-state index < -0.39 is 12.5 Å². The van der Waals surface area contributed by atoms with Gasteiger partial charge in [-0.25, -0.2) is 5.43 Å². The lowest BCUT2D eigenvalue weighted by molar-refractivity contribution is -0.0499. The molecule has 0 saturated heterocycles. The van der Waals surface area contributed by atoms with Crippen molar-refractivity contribution in [2.45, 2.75) is 6.61 Å². The quantitative estimate of drug-likeness (QED) is 0.504. The van der Waals surface area contributed by atoms with Gasteiger partial charge in [-0.3, -0.25) is 4.79 Å². The molecule has 0 unspecified atom stereocenters. The summed E-state index contributed by atoms with van der Waals surface area (Å²) in [7, 11) is 0. The molecule has 2 aromatic carbocycles. The Labute approximate surface area is 150 Å². The lowest BCUT2D eigenvalue weighted by Gasteiger charge is -2.06. The lowest BCUT2D eigenvalue weighted by Crippen LogP contribution is -2.16. The van der Waals surface area contributed by atoms with E-state index in [2.05, 4.69) is 15.3 Å². The van der Waals surface area contributed by atoms with Crippen molar-refractivity contribution in [3.8, 4) is 5.75 Å². The summed E-state index contributed by atoms with van der Waals surface area (Å²) in [5.74, 6) is -0.509. The molecule has 1 amide bonds. The number of hydrazone groups is 1. The minimum atomic E-state index is -2.94. The van der Waals surface area contributed by atoms with Crippen molar-refractivity contribution >= 4 is 45.1 Å². The van der Waals surface area contributed by atoms with Crippen LogP contribution in [-0.2, 0) is 0 Å². The van der Waals surface area contributed by atoms with Gasteiger partial charge in [-0.1, -0.05) is 41.9 Å². The van der Waals surface area contributed by atoms with E-state index in [4.69, 9.17) is 11.6 Å². The van der Waals surface area contributed by atoms with Crippen LogP contribution in [0.25, 0.3) is 10.1 Å². The van der Waals surface area contributed by atoms with Crippen LogP contribution in [0.15, 0.2) is 53.6 Å². The Morgan fingerprint density at radius 1 is 1.20 bits per heavy atom. The van der Waals surface area contributed by atoms with E-state index in [1.54, 1.807) is 18.2 Å². The second kappa shape index (κ2) is 7.58. The highest BCUT2D eigenvalue weighted by atomic mass is 35.5. The minimum absolute atomic E-state index is 0.0320. The summed E-state index contributed by atoms with van der Waals surface area (Å²) in [5, 5.41) is 4.94. The molecule has 4 nitrogen and oxygen atoms in total. The highest BCUT2D eigenvalue weighted by Crippen LogP contribution is 2.34. The summed E-state index contributed by atoms with van der Waals surface area (Å²) in [6.45, 7) is -2.94. The van der Waals surface area contributed by atoms with Crippen molar-refractivity contribution in [2.24, 2.45) is 5.10 Å². The Morgan fingerprint density at radius 3 is 2.68 bits per heavy atom. The molecule has 0 saturated carbocycles. The summed E-state index contributed by atoms with van der Waals surface area (Å²) < 4.78 is 30.0. The number of nitrogens with zero attached hydrogens (tertiary/aromatic N) is 1. The highest BCUT2D eigenvalue weighted by Gasteiger charge is 2.16. The number of carbonyl (C=O) groups excluding carboxylic acids is 1. The first kappa shape index (κ1) is 17.3. The number of hydrogen-bond donors (Lipinski definition) is 1. The predicted molar refractivity (Wildman–Crippen MR) is 95.0 cm³/mol. The monoisotopic (exact) mass is 380 g/mol. The van der Waals surface area contributed by atoms with Gasteiger partial charge in [0.1, 0.15) is 10.6 Å². The van der Waals surface area contributed by atoms with Crippen molar-refractivity contribution in [3.63, 3.8) is 0 Å². The molecule has 128 valence electrons. The molecule has 0 aliphatic carbocycles. The summed E-state index contributed by atoms with van der Waals surface area (Å²) in [6, 6.07) is 13.5. The number of amides is 1. The van der Waals surface area contributed by atoms with Gasteiger partial charge in [0.15, 0.2) is 0 Å². The van der Waals surface area contributed by atoms with E-state index in [0.717, 1.165) is 10.1 Å². The fourth-order valence-electron chi connectivity index (χ4n) is 2.16. The first-order valence-electron chi connectivity index (χ1n) is 7.10. The number of nitrogens with one attached hydrogen (secondary N) is 1. The van der Waals surface area contributed by atoms with Crippen LogP contribution in [0.2, 0.25) is 5.02 Å². The van der Waals surface area contributed by atoms with Crippen molar-refractivity contribution in [2.75, 3.05) is 0 Å². The number of fused-ring (bicyclic) bond motifs is 1. The van der Waals surface area contributed by atoms with Gasteiger partial charge in [0.2, 0.25) is 0 Å². The van der Waals surface area contributed by atoms with Crippen molar-refractivity contribution < 1.29 is 18.3 Å². The third kappa shape index (κ3) is 3.94. The third-order valence-electron chi connectivity index (χ3n) is 3.25. The molecule has 0 bridgehead atoms. The van der Waals surface area contributed by atoms with Crippen LogP contribution in [-0.4, -0.2) is 18.7 Å². The van der Waals surface area contributed by atoms with Crippen LogP contribution >= 0.6 is 22.9 Å². The Hall–Kier alpha value is -2.51. The zero-order chi connectivity index (χ0) is 17.8. The summed E-state index contributed by atoms with van der Waals surface area (Å²) in [4.78, 5) is 12.6. The number of para-hydroxylation sites is 1. The normalized spacial score (nSPS) is 11.4. The number of rotatable bonds is 5. The van der Waals surface area contributed by atoms with Gasteiger partial charge in [-0.2, -0.15) is 13.9 Å². The maximum absolute atomic E-state index is 12.4. The lowest BCUT2D eigenvalue weighted by atomic mass is 10.2. The molecule has 1 N–H and O–H groups in total. The summed E-state index contributed by atoms with van der Waals surface area (Å²) in [6.07, 6.45) is 1.23. The van der Waals surface area contributed by atoms with Crippen molar-refractivity contribution in [1.82, 2.24) is 5.43 Å². The fourth-order valence-corrected chi connectivity index (χ4v) is 3.57. The number of hydrogen-bond acceptors (Lipinski definition) is 4. The van der Waals surface area contributed by atoms with Gasteiger partial charge in [0, 0.05) is 15.6 Å². The van der Waals surface area contributed by atoms with Crippen molar-refractivity contribution in [1.29, 1.82) is 0 Å². The second-order valence-corrected chi connectivity index (χ2v) is 6.29. The van der Waals surface area contributed by atoms with E-state index in [-0.39, 0.29) is 5.75 Å². The van der Waals surface area contributed by atoms with Gasteiger partial charge in [0.25, 0.3) is 5.91 Å². The van der Waals surface area contributed by atoms with Crippen LogP contribution in [0, 0.1) is 0 Å². The number of thiophene rings is 1. The van der Waals surface area contributed by atoms with Crippen LogP contribution < -0.4 is 10.2 Å². The number of carbonyl (C=O) groups is 1. The van der Waals surface area contributed by atoms with E-state index >= 15 is 0 Å². The number of halogens is 3. The smallest absolute Gasteiger partial charge is 0.387 e. The minimum Gasteiger partial charge on any atom is -0.434 e. The van der Waals surface area contributed by atoms with Gasteiger partial charge >= 0.3 is 6.61 Å². The molecule has 1 heterocycles. The van der Waals surface area contributed by atoms with Crippen LogP contribution in [0.5, 0.6) is 5.75 Å². The average molecular weight is 381 g/mol. The standard InChI is InChI=1S/C17H11ClF2N2O2S/c18-14-11-6-2-4-8-13(11)25-15(14)16(23)22-21-9-10-5-1-3-7-12(10)24-17(19)20/h1-9,17H,(H,22,23)/b21-9+. The maximum Gasteiger partial charge on any atom is 0.387 e. The highest BCUT2D eigenvalue weighted by molar-refractivity contribution is 7.21. The first-order valence-corrected chi connectivity index (χ1v) is 8.30. The SMILES string of the molecule is O=C(N/N=C/c1ccccc1OC(F)F)c1sc2ccccc2c1Cl. The Bertz CT molecular complexity index is 943. The Morgan fingerprint density at radius 2 is 1.92 bits per heavy atom. The molecule has 0 radical (unpaired) electrons. The zero-order valence-corrected chi connectivity index (χ0v) is 14.2. The van der Waals surface area contributed by atoms with Crippen LogP contribution in [0.1, 0.15) is 15.2 Å². The molecular formula is C17H11ClF2N2O2S. The van der Waals surface area contributed by atoms with E-state index in [1.165, 1.54) is 23.6 Å². The molecular weight excluding hydrogens is 370 g/mol. The number of alkyl halides is 2. The van der Waals surface area contributed by atoms with E-state index in [9.17, 15) is 13.6 Å². The molecule has 0 aliphatic heterocycles. The molecule has 0 fully saturated rings. The van der Waals surface area contributed by atoms with Gasteiger partial charge < -0.3 is 4.74 Å². The molecule has 0 spiro atoms. The van der Waals surface area contributed by atoms with E-state index in [1.807, 2.05) is 24.3 Å². The Kier molecular flexibility index (Phi) is 5.25. The summed E-state index contributed by atoms with van der Waals surface area (Å²) >= 11 is 7.47. The van der Waals surface area contributed by atoms with Gasteiger partial charge in [-0.15, -0.1) is 11.3 Å². The predicted octanol–water partition coefficient (Wildman–Crippen LogP) is 4.92. The molecule has 0 atom stereocenters. The van der Waals surface area contributed by atoms with E-state index in [0.29, 0.717) is 15.5 Å². The Balaban J connectivity index is 1.76. The third-order valence-corrected chi connectivity index (χ3v) is 4.92. The molecule has 25 heavy (non-hydrogen) atoms. The average Bonchev–Trinajstić information content (AvgIpc) is 2.93. The maximum atomic E-state index is 12.4. The van der Waals surface area contributed by atoms with Crippen molar-refractivity contribution in [3.05, 3.63) is 64.0 Å². The number of benzene rings is 2. The zero-order valence-electron chi connectivity index (χ0n) is 12.6. The second-order valence-electron chi connectivity index (χ2n) is 4.86. The van der Waals surface area contributed by atoms with Crippen LogP contribution in [0.3, 0.4) is 0 Å². The van der Waals surface area contributed by atoms with Gasteiger partial charge in [-0.05, 0) is 18.2 Å². The molecule has 0 aliphatic rings. The molecule has 1 aromatic heterocycles. The topological polar surface area (TPSA) is 50.7 Å². The summed E-state index contributed by atoms with van der Waals surface area (Å²) in [5.41, 5.74) is 2.65.